The minimum atomic E-state index is 0.974. The van der Waals surface area contributed by atoms with E-state index < -0.39 is 0 Å². The molecule has 0 saturated carbocycles. The lowest BCUT2D eigenvalue weighted by Gasteiger charge is -2.03. The molecule has 0 aliphatic heterocycles. The first-order chi connectivity index (χ1) is 11.8. The third kappa shape index (κ3) is 4.19. The Bertz CT molecular complexity index is 884. The summed E-state index contributed by atoms with van der Waals surface area (Å²) >= 11 is 0. The van der Waals surface area contributed by atoms with E-state index in [2.05, 4.69) is 60.3 Å². The van der Waals surface area contributed by atoms with Crippen LogP contribution in [0.4, 0.5) is 0 Å². The molecule has 1 nitrogen and oxygen atoms in total. The van der Waals surface area contributed by atoms with E-state index in [1.165, 1.54) is 11.1 Å². The number of nitrogens with zero attached hydrogens (tertiary/aromatic N) is 1. The van der Waals surface area contributed by atoms with Gasteiger partial charge in [0.1, 0.15) is 0 Å². The average Bonchev–Trinajstić information content (AvgIpc) is 2.65. The van der Waals surface area contributed by atoms with Crippen LogP contribution in [0, 0.1) is 0 Å². The molecule has 116 valence electrons. The average molecular weight is 309 g/mol. The zero-order valence-corrected chi connectivity index (χ0v) is 13.7. The van der Waals surface area contributed by atoms with Crippen LogP contribution < -0.4 is 4.67 Å². The Hall–Kier alpha value is -3.15. The Kier molecular flexibility index (Phi) is 5.19. The van der Waals surface area contributed by atoms with Gasteiger partial charge >= 0.3 is 0 Å². The second kappa shape index (κ2) is 7.92. The minimum Gasteiger partial charge on any atom is -0.187 e. The van der Waals surface area contributed by atoms with Crippen LogP contribution in [0.2, 0.25) is 0 Å². The summed E-state index contributed by atoms with van der Waals surface area (Å²) in [6.45, 7) is 2.13. The summed E-state index contributed by atoms with van der Waals surface area (Å²) in [5, 5.41) is 0. The number of hydrogen-bond donors (Lipinski definition) is 0. The van der Waals surface area contributed by atoms with Crippen LogP contribution in [0.5, 0.6) is 0 Å². The summed E-state index contributed by atoms with van der Waals surface area (Å²) in [7, 11) is 0. The molecule has 0 bridgehead atoms. The van der Waals surface area contributed by atoms with Crippen LogP contribution in [-0.2, 0) is 0 Å². The molecule has 0 unspecified atom stereocenters. The van der Waals surface area contributed by atoms with Crippen molar-refractivity contribution >= 4 is 24.1 Å². The van der Waals surface area contributed by atoms with E-state index in [1.807, 2.05) is 54.7 Å². The van der Waals surface area contributed by atoms with Crippen molar-refractivity contribution in [2.24, 2.45) is 0 Å². The molecule has 3 rings (SSSR count). The van der Waals surface area contributed by atoms with Crippen LogP contribution >= 0.6 is 0 Å². The fraction of sp³-hybridized carbons (Fsp3) is 0.0435. The van der Waals surface area contributed by atoms with Crippen molar-refractivity contribution in [1.82, 2.24) is 4.67 Å². The molecule has 0 atom stereocenters. The Morgan fingerprint density at radius 3 is 2.04 bits per heavy atom. The molecule has 3 aromatic carbocycles. The van der Waals surface area contributed by atoms with E-state index in [4.69, 9.17) is 0 Å². The third-order valence-electron chi connectivity index (χ3n) is 3.77. The van der Waals surface area contributed by atoms with Crippen molar-refractivity contribution in [3.05, 3.63) is 107 Å². The highest BCUT2D eigenvalue weighted by Gasteiger charge is 2.00. The van der Waals surface area contributed by atoms with Crippen LogP contribution in [0.25, 0.3) is 11.6 Å². The molecule has 0 aliphatic carbocycles. The van der Waals surface area contributed by atoms with Crippen LogP contribution in [-0.4, -0.2) is 12.4 Å². The highest BCUT2D eigenvalue weighted by Crippen LogP contribution is 2.18. The molecule has 3 aromatic rings. The number of benzene rings is 3. The van der Waals surface area contributed by atoms with Gasteiger partial charge in [-0.3, -0.25) is 0 Å². The molecule has 0 N–H and O–H groups in total. The summed E-state index contributed by atoms with van der Waals surface area (Å²) in [4.78, 5) is 0. The molecule has 0 amide bonds. The van der Waals surface area contributed by atoms with Gasteiger partial charge in [-0.15, -0.1) is 24.3 Å². The van der Waals surface area contributed by atoms with Gasteiger partial charge in [0, 0.05) is 5.56 Å². The highest BCUT2D eigenvalue weighted by molar-refractivity contribution is 5.92. The zero-order valence-electron chi connectivity index (χ0n) is 13.7. The molecule has 0 spiro atoms. The lowest BCUT2D eigenvalue weighted by Crippen LogP contribution is -1.92. The van der Waals surface area contributed by atoms with Crippen LogP contribution in [0.15, 0.2) is 84.9 Å². The fourth-order valence-corrected chi connectivity index (χ4v) is 2.47. The number of hydrogen-bond acceptors (Lipinski definition) is 0. The molecule has 24 heavy (non-hydrogen) atoms. The predicted octanol–water partition coefficient (Wildman–Crippen LogP) is 4.73. The van der Waals surface area contributed by atoms with Gasteiger partial charge in [-0.2, -0.15) is 4.67 Å². The Balaban J connectivity index is 1.90. The van der Waals surface area contributed by atoms with E-state index in [1.54, 1.807) is 0 Å². The standard InChI is InChI=1S/C23H19N/c1-19(21-12-6-3-7-13-21)16-22-14-8-9-15-23(22)18-24-17-20-10-4-2-5-11-20/h2-16,18H,1H3/b19-16-. The lowest BCUT2D eigenvalue weighted by atomic mass is 10.0. The SMILES string of the molecule is C/C(=C/c1ccccc1C=[N+]=[C-]c1ccccc1)c1ccccc1. The van der Waals surface area contributed by atoms with E-state index >= 15 is 0 Å². The van der Waals surface area contributed by atoms with Gasteiger partial charge in [0.25, 0.3) is 6.21 Å². The highest BCUT2D eigenvalue weighted by atomic mass is 14.5. The Morgan fingerprint density at radius 2 is 1.33 bits per heavy atom. The summed E-state index contributed by atoms with van der Waals surface area (Å²) < 4.78 is 4.35. The monoisotopic (exact) mass is 309 g/mol. The Labute approximate surface area is 143 Å². The summed E-state index contributed by atoms with van der Waals surface area (Å²) in [6, 6.07) is 28.6. The van der Waals surface area contributed by atoms with Gasteiger partial charge < -0.3 is 0 Å². The number of rotatable bonds is 4. The van der Waals surface area contributed by atoms with Gasteiger partial charge in [-0.25, -0.2) is 0 Å². The van der Waals surface area contributed by atoms with E-state index in [0.29, 0.717) is 0 Å². The first-order valence-corrected chi connectivity index (χ1v) is 8.00. The third-order valence-corrected chi connectivity index (χ3v) is 3.77. The maximum Gasteiger partial charge on any atom is 0.290 e. The van der Waals surface area contributed by atoms with Crippen molar-refractivity contribution in [2.75, 3.05) is 0 Å². The molecule has 0 fully saturated rings. The molecule has 0 aliphatic rings. The summed E-state index contributed by atoms with van der Waals surface area (Å²) in [5.41, 5.74) is 5.66. The zero-order chi connectivity index (χ0) is 16.6. The van der Waals surface area contributed by atoms with Gasteiger partial charge in [0.05, 0.1) is 0 Å². The van der Waals surface area contributed by atoms with Gasteiger partial charge in [0.2, 0.25) is 6.21 Å². The van der Waals surface area contributed by atoms with Crippen molar-refractivity contribution in [3.8, 4) is 0 Å². The van der Waals surface area contributed by atoms with E-state index in [0.717, 1.165) is 16.7 Å². The smallest absolute Gasteiger partial charge is 0.187 e. The molecular weight excluding hydrogens is 290 g/mol. The molecule has 0 radical (unpaired) electrons. The van der Waals surface area contributed by atoms with Crippen molar-refractivity contribution < 1.29 is 0 Å². The van der Waals surface area contributed by atoms with E-state index in [-0.39, 0.29) is 0 Å². The maximum absolute atomic E-state index is 4.35. The van der Waals surface area contributed by atoms with Crippen LogP contribution in [0.3, 0.4) is 0 Å². The number of allylic oxidation sites excluding steroid dienone is 1. The van der Waals surface area contributed by atoms with Gasteiger partial charge in [-0.05, 0) is 23.6 Å². The fourth-order valence-electron chi connectivity index (χ4n) is 2.47. The van der Waals surface area contributed by atoms with Crippen LogP contribution in [0.1, 0.15) is 29.2 Å². The predicted molar refractivity (Wildman–Crippen MR) is 104 cm³/mol. The quantitative estimate of drug-likeness (QED) is 0.286. The topological polar surface area (TPSA) is 14.1 Å². The largest absolute Gasteiger partial charge is 0.290 e. The first kappa shape index (κ1) is 15.7. The minimum absolute atomic E-state index is 0.974. The second-order valence-corrected chi connectivity index (χ2v) is 5.56. The van der Waals surface area contributed by atoms with Crippen molar-refractivity contribution in [3.63, 3.8) is 0 Å². The van der Waals surface area contributed by atoms with E-state index in [9.17, 15) is 0 Å². The lowest BCUT2D eigenvalue weighted by molar-refractivity contribution is 1.55. The first-order valence-electron chi connectivity index (χ1n) is 8.00. The Morgan fingerprint density at radius 1 is 0.750 bits per heavy atom. The summed E-state index contributed by atoms with van der Waals surface area (Å²) in [6.07, 6.45) is 7.11. The second-order valence-electron chi connectivity index (χ2n) is 5.56. The maximum atomic E-state index is 4.35. The van der Waals surface area contributed by atoms with Crippen molar-refractivity contribution in [1.29, 1.82) is 0 Å². The normalized spacial score (nSPS) is 10.8. The van der Waals surface area contributed by atoms with Crippen molar-refractivity contribution in [2.45, 2.75) is 6.92 Å². The molecule has 0 heterocycles. The molecule has 1 heteroatoms. The molecule has 0 saturated heterocycles. The molecular formula is C23H19N. The van der Waals surface area contributed by atoms with Gasteiger partial charge in [-0.1, -0.05) is 72.3 Å². The molecule has 0 aromatic heterocycles. The summed E-state index contributed by atoms with van der Waals surface area (Å²) in [5.74, 6) is 0. The van der Waals surface area contributed by atoms with Gasteiger partial charge in [0.15, 0.2) is 0 Å².